The third kappa shape index (κ3) is 3.79. The van der Waals surface area contributed by atoms with Crippen molar-refractivity contribution in [3.8, 4) is 0 Å². The maximum Gasteiger partial charge on any atom is 0.169 e. The molecule has 6 heteroatoms. The van der Waals surface area contributed by atoms with Gasteiger partial charge in [-0.3, -0.25) is 0 Å². The molecule has 19 heavy (non-hydrogen) atoms. The van der Waals surface area contributed by atoms with Gasteiger partial charge in [0.2, 0.25) is 0 Å². The SMILES string of the molecule is OC[C@H](NCc1ccc(Br)o1)c1ccc(Cl)c(F)c1. The third-order valence-corrected chi connectivity index (χ3v) is 3.41. The van der Waals surface area contributed by atoms with Crippen LogP contribution in [0, 0.1) is 5.82 Å². The summed E-state index contributed by atoms with van der Waals surface area (Å²) in [5.74, 6) is 0.222. The maximum absolute atomic E-state index is 13.4. The van der Waals surface area contributed by atoms with Crippen molar-refractivity contribution < 1.29 is 13.9 Å². The van der Waals surface area contributed by atoms with Crippen molar-refractivity contribution in [2.45, 2.75) is 12.6 Å². The predicted octanol–water partition coefficient (Wildman–Crippen LogP) is 3.66. The fraction of sp³-hybridized carbons (Fsp3) is 0.231. The first-order valence-corrected chi connectivity index (χ1v) is 6.80. The first kappa shape index (κ1) is 14.5. The van der Waals surface area contributed by atoms with E-state index in [9.17, 15) is 9.50 Å². The van der Waals surface area contributed by atoms with E-state index in [0.29, 0.717) is 16.8 Å². The number of hydrogen-bond acceptors (Lipinski definition) is 3. The molecule has 2 rings (SSSR count). The van der Waals surface area contributed by atoms with Gasteiger partial charge in [0.25, 0.3) is 0 Å². The van der Waals surface area contributed by atoms with Gasteiger partial charge in [0.05, 0.1) is 24.2 Å². The van der Waals surface area contributed by atoms with E-state index in [1.807, 2.05) is 6.07 Å². The summed E-state index contributed by atoms with van der Waals surface area (Å²) in [5, 5.41) is 12.5. The molecule has 0 saturated carbocycles. The van der Waals surface area contributed by atoms with Gasteiger partial charge in [-0.05, 0) is 45.8 Å². The molecular weight excluding hydrogens is 337 g/mol. The van der Waals surface area contributed by atoms with Gasteiger partial charge in [0.15, 0.2) is 4.67 Å². The Balaban J connectivity index is 2.05. The van der Waals surface area contributed by atoms with E-state index in [0.717, 1.165) is 5.76 Å². The second-order valence-corrected chi connectivity index (χ2v) is 5.18. The van der Waals surface area contributed by atoms with Crippen LogP contribution in [-0.4, -0.2) is 11.7 Å². The van der Waals surface area contributed by atoms with Gasteiger partial charge in [-0.2, -0.15) is 0 Å². The molecule has 0 aliphatic heterocycles. The van der Waals surface area contributed by atoms with Crippen LogP contribution in [0.1, 0.15) is 17.4 Å². The Morgan fingerprint density at radius 1 is 1.37 bits per heavy atom. The lowest BCUT2D eigenvalue weighted by molar-refractivity contribution is 0.240. The summed E-state index contributed by atoms with van der Waals surface area (Å²) in [6.45, 7) is 0.282. The van der Waals surface area contributed by atoms with Gasteiger partial charge in [-0.1, -0.05) is 17.7 Å². The first-order chi connectivity index (χ1) is 9.10. The second kappa shape index (κ2) is 6.52. The summed E-state index contributed by atoms with van der Waals surface area (Å²) in [4.78, 5) is 0. The zero-order valence-electron chi connectivity index (χ0n) is 9.87. The fourth-order valence-electron chi connectivity index (χ4n) is 1.69. The van der Waals surface area contributed by atoms with Crippen LogP contribution in [0.2, 0.25) is 5.02 Å². The minimum absolute atomic E-state index is 0.0652. The Hall–Kier alpha value is -0.880. The van der Waals surface area contributed by atoms with Crippen molar-refractivity contribution in [1.82, 2.24) is 5.32 Å². The number of halogens is 3. The third-order valence-electron chi connectivity index (χ3n) is 2.68. The van der Waals surface area contributed by atoms with Gasteiger partial charge in [0.1, 0.15) is 11.6 Å². The molecular formula is C13H12BrClFNO2. The molecule has 0 fully saturated rings. The van der Waals surface area contributed by atoms with Crippen LogP contribution in [0.15, 0.2) is 39.4 Å². The first-order valence-electron chi connectivity index (χ1n) is 5.63. The lowest BCUT2D eigenvalue weighted by Crippen LogP contribution is -2.23. The molecule has 0 aliphatic carbocycles. The van der Waals surface area contributed by atoms with Crippen LogP contribution in [0.3, 0.4) is 0 Å². The lowest BCUT2D eigenvalue weighted by Gasteiger charge is -2.16. The molecule has 2 aromatic rings. The molecule has 1 aromatic carbocycles. The summed E-state index contributed by atoms with van der Waals surface area (Å²) in [5.41, 5.74) is 0.634. The van der Waals surface area contributed by atoms with Crippen LogP contribution in [-0.2, 0) is 6.54 Å². The van der Waals surface area contributed by atoms with Crippen LogP contribution >= 0.6 is 27.5 Å². The molecule has 0 spiro atoms. The Morgan fingerprint density at radius 3 is 2.74 bits per heavy atom. The largest absolute Gasteiger partial charge is 0.453 e. The van der Waals surface area contributed by atoms with E-state index in [4.69, 9.17) is 16.0 Å². The highest BCUT2D eigenvalue weighted by Gasteiger charge is 2.12. The minimum atomic E-state index is -0.500. The number of nitrogens with one attached hydrogen (secondary N) is 1. The van der Waals surface area contributed by atoms with Gasteiger partial charge in [-0.15, -0.1) is 0 Å². The maximum atomic E-state index is 13.4. The van der Waals surface area contributed by atoms with Crippen molar-refractivity contribution in [2.24, 2.45) is 0 Å². The van der Waals surface area contributed by atoms with E-state index in [1.54, 1.807) is 12.1 Å². The molecule has 1 aromatic heterocycles. The summed E-state index contributed by atoms with van der Waals surface area (Å²) in [7, 11) is 0. The van der Waals surface area contributed by atoms with Gasteiger partial charge >= 0.3 is 0 Å². The van der Waals surface area contributed by atoms with Crippen molar-refractivity contribution in [1.29, 1.82) is 0 Å². The summed E-state index contributed by atoms with van der Waals surface area (Å²) >= 11 is 8.84. The van der Waals surface area contributed by atoms with E-state index in [-0.39, 0.29) is 17.7 Å². The van der Waals surface area contributed by atoms with Crippen molar-refractivity contribution in [3.05, 3.63) is 57.2 Å². The highest BCUT2D eigenvalue weighted by molar-refractivity contribution is 9.10. The Kier molecular flexibility index (Phi) is 4.99. The molecule has 102 valence electrons. The Bertz CT molecular complexity index is 561. The number of hydrogen-bond donors (Lipinski definition) is 2. The van der Waals surface area contributed by atoms with E-state index >= 15 is 0 Å². The lowest BCUT2D eigenvalue weighted by atomic mass is 10.1. The number of aliphatic hydroxyl groups is 1. The summed E-state index contributed by atoms with van der Waals surface area (Å²) in [6, 6.07) is 7.68. The van der Waals surface area contributed by atoms with Gasteiger partial charge in [0, 0.05) is 0 Å². The number of benzene rings is 1. The van der Waals surface area contributed by atoms with E-state index < -0.39 is 5.82 Å². The zero-order chi connectivity index (χ0) is 13.8. The highest BCUT2D eigenvalue weighted by atomic mass is 79.9. The highest BCUT2D eigenvalue weighted by Crippen LogP contribution is 2.21. The monoisotopic (exact) mass is 347 g/mol. The predicted molar refractivity (Wildman–Crippen MR) is 74.5 cm³/mol. The fourth-order valence-corrected chi connectivity index (χ4v) is 2.15. The van der Waals surface area contributed by atoms with Crippen molar-refractivity contribution in [2.75, 3.05) is 6.61 Å². The smallest absolute Gasteiger partial charge is 0.169 e. The zero-order valence-corrected chi connectivity index (χ0v) is 12.2. The molecule has 2 N–H and O–H groups in total. The molecule has 0 radical (unpaired) electrons. The standard InChI is InChI=1S/C13H12BrClFNO2/c14-13-4-2-9(19-13)6-17-12(7-18)8-1-3-10(15)11(16)5-8/h1-5,12,17-18H,6-7H2/t12-/m0/s1. The average Bonchev–Trinajstić information content (AvgIpc) is 2.80. The number of furan rings is 1. The average molecular weight is 349 g/mol. The van der Waals surface area contributed by atoms with Gasteiger partial charge < -0.3 is 14.8 Å². The second-order valence-electron chi connectivity index (χ2n) is 4.00. The van der Waals surface area contributed by atoms with Crippen LogP contribution in [0.5, 0.6) is 0 Å². The Morgan fingerprint density at radius 2 is 2.16 bits per heavy atom. The van der Waals surface area contributed by atoms with Crippen LogP contribution in [0.4, 0.5) is 4.39 Å². The Labute approximate surface area is 123 Å². The molecule has 1 atom stereocenters. The molecule has 3 nitrogen and oxygen atoms in total. The number of rotatable bonds is 5. The summed E-state index contributed by atoms with van der Waals surface area (Å²) in [6.07, 6.45) is 0. The van der Waals surface area contributed by atoms with Crippen LogP contribution in [0.25, 0.3) is 0 Å². The molecule has 0 bridgehead atoms. The van der Waals surface area contributed by atoms with Crippen LogP contribution < -0.4 is 5.32 Å². The topological polar surface area (TPSA) is 45.4 Å². The van der Waals surface area contributed by atoms with Gasteiger partial charge in [-0.25, -0.2) is 4.39 Å². The molecule has 0 unspecified atom stereocenters. The van der Waals surface area contributed by atoms with Crippen molar-refractivity contribution >= 4 is 27.5 Å². The molecule has 1 heterocycles. The van der Waals surface area contributed by atoms with E-state index in [1.165, 1.54) is 12.1 Å². The molecule has 0 aliphatic rings. The minimum Gasteiger partial charge on any atom is -0.453 e. The quantitative estimate of drug-likeness (QED) is 0.867. The molecule has 0 amide bonds. The van der Waals surface area contributed by atoms with E-state index in [2.05, 4.69) is 21.2 Å². The van der Waals surface area contributed by atoms with Crippen molar-refractivity contribution in [3.63, 3.8) is 0 Å². The normalized spacial score (nSPS) is 12.6. The summed E-state index contributed by atoms with van der Waals surface area (Å²) < 4.78 is 19.4. The number of aliphatic hydroxyl groups excluding tert-OH is 1. The molecule has 0 saturated heterocycles.